The number of hydrogen-bond acceptors (Lipinski definition) is 5. The van der Waals surface area contributed by atoms with Gasteiger partial charge in [0.15, 0.2) is 0 Å². The Kier molecular flexibility index (Phi) is 4.24. The molecule has 0 saturated carbocycles. The summed E-state index contributed by atoms with van der Waals surface area (Å²) in [6.07, 6.45) is 1.80. The van der Waals surface area contributed by atoms with Crippen LogP contribution in [0.5, 0.6) is 0 Å². The summed E-state index contributed by atoms with van der Waals surface area (Å²) in [4.78, 5) is 13.9. The fraction of sp³-hybridized carbons (Fsp3) is 0.545. The minimum atomic E-state index is -3.73. The first-order valence-corrected chi connectivity index (χ1v) is 8.28. The number of primary sulfonamides is 1. The third-order valence-corrected chi connectivity index (χ3v) is 5.55. The lowest BCUT2D eigenvalue weighted by Gasteiger charge is -2.31. The smallest absolute Gasteiger partial charge is 0.254 e. The first-order chi connectivity index (χ1) is 8.91. The molecule has 0 atom stereocenters. The molecule has 0 aliphatic carbocycles. The molecule has 1 amide bonds. The summed E-state index contributed by atoms with van der Waals surface area (Å²) in [5.41, 5.74) is 0.380. The Morgan fingerprint density at radius 3 is 2.58 bits per heavy atom. The van der Waals surface area contributed by atoms with Crippen molar-refractivity contribution in [1.29, 1.82) is 0 Å². The second-order valence-corrected chi connectivity index (χ2v) is 7.13. The molecule has 0 bridgehead atoms. The Morgan fingerprint density at radius 2 is 2.11 bits per heavy atom. The van der Waals surface area contributed by atoms with Gasteiger partial charge in [-0.05, 0) is 18.9 Å². The number of nitrogens with two attached hydrogens (primary N) is 1. The van der Waals surface area contributed by atoms with Crippen molar-refractivity contribution in [3.8, 4) is 0 Å². The number of piperidine rings is 1. The molecule has 0 aromatic carbocycles. The van der Waals surface area contributed by atoms with E-state index in [1.807, 2.05) is 0 Å². The zero-order chi connectivity index (χ0) is 14.0. The highest BCUT2D eigenvalue weighted by molar-refractivity contribution is 7.91. The summed E-state index contributed by atoms with van der Waals surface area (Å²) < 4.78 is 27.6. The van der Waals surface area contributed by atoms with E-state index in [1.54, 1.807) is 12.0 Å². The minimum absolute atomic E-state index is 0.0163. The van der Waals surface area contributed by atoms with Crippen LogP contribution in [-0.4, -0.2) is 45.5 Å². The van der Waals surface area contributed by atoms with Crippen LogP contribution in [0.3, 0.4) is 0 Å². The maximum atomic E-state index is 12.2. The highest BCUT2D eigenvalue weighted by Crippen LogP contribution is 2.22. The lowest BCUT2D eigenvalue weighted by Crippen LogP contribution is -2.40. The van der Waals surface area contributed by atoms with E-state index in [0.717, 1.165) is 24.2 Å². The lowest BCUT2D eigenvalue weighted by atomic mass is 10.1. The predicted octanol–water partition coefficient (Wildman–Crippen LogP) is 0.647. The molecule has 1 aromatic heterocycles. The summed E-state index contributed by atoms with van der Waals surface area (Å²) in [7, 11) is -2.07. The molecular weight excluding hydrogens is 288 g/mol. The Morgan fingerprint density at radius 1 is 1.47 bits per heavy atom. The van der Waals surface area contributed by atoms with Gasteiger partial charge in [-0.2, -0.15) is 0 Å². The van der Waals surface area contributed by atoms with Crippen molar-refractivity contribution in [2.45, 2.75) is 23.2 Å². The summed E-state index contributed by atoms with van der Waals surface area (Å²) >= 11 is 0.969. The number of likely N-dealkylation sites (tertiary alicyclic amines) is 1. The van der Waals surface area contributed by atoms with Gasteiger partial charge in [-0.3, -0.25) is 4.79 Å². The van der Waals surface area contributed by atoms with Gasteiger partial charge in [0.25, 0.3) is 5.91 Å². The van der Waals surface area contributed by atoms with E-state index in [9.17, 15) is 13.2 Å². The van der Waals surface area contributed by atoms with E-state index in [-0.39, 0.29) is 16.2 Å². The Hall–Kier alpha value is -0.960. The molecule has 1 fully saturated rings. The van der Waals surface area contributed by atoms with Crippen LogP contribution in [0.2, 0.25) is 0 Å². The van der Waals surface area contributed by atoms with Crippen LogP contribution in [0.1, 0.15) is 23.2 Å². The molecule has 1 aliphatic rings. The van der Waals surface area contributed by atoms with Crippen molar-refractivity contribution >= 4 is 27.3 Å². The van der Waals surface area contributed by atoms with Gasteiger partial charge in [-0.15, -0.1) is 11.3 Å². The van der Waals surface area contributed by atoms with Crippen LogP contribution < -0.4 is 5.14 Å². The maximum absolute atomic E-state index is 12.2. The number of rotatable bonds is 3. The molecule has 2 heterocycles. The van der Waals surface area contributed by atoms with E-state index < -0.39 is 10.0 Å². The number of amides is 1. The summed E-state index contributed by atoms with van der Waals surface area (Å²) in [6, 6.07) is 1.34. The fourth-order valence-electron chi connectivity index (χ4n) is 2.06. The topological polar surface area (TPSA) is 89.7 Å². The molecule has 0 radical (unpaired) electrons. The first kappa shape index (κ1) is 14.4. The number of sulfonamides is 1. The highest BCUT2D eigenvalue weighted by Gasteiger charge is 2.25. The Bertz CT molecular complexity index is 559. The molecule has 106 valence electrons. The Labute approximate surface area is 116 Å². The van der Waals surface area contributed by atoms with E-state index in [4.69, 9.17) is 9.88 Å². The Balaban J connectivity index is 2.07. The number of ether oxygens (including phenoxy) is 1. The molecule has 1 saturated heterocycles. The van der Waals surface area contributed by atoms with Crippen LogP contribution in [-0.2, 0) is 14.8 Å². The third-order valence-electron chi connectivity index (χ3n) is 3.17. The quantitative estimate of drug-likeness (QED) is 0.887. The second kappa shape index (κ2) is 5.58. The summed E-state index contributed by atoms with van der Waals surface area (Å²) in [5.74, 6) is -0.152. The van der Waals surface area contributed by atoms with E-state index in [0.29, 0.717) is 18.7 Å². The number of nitrogens with zero attached hydrogens (tertiary/aromatic N) is 1. The van der Waals surface area contributed by atoms with Crippen LogP contribution in [0.4, 0.5) is 0 Å². The normalized spacial score (nSPS) is 17.7. The molecule has 1 aliphatic heterocycles. The van der Waals surface area contributed by atoms with Crippen molar-refractivity contribution in [3.63, 3.8) is 0 Å². The van der Waals surface area contributed by atoms with Gasteiger partial charge in [0.05, 0.1) is 11.7 Å². The van der Waals surface area contributed by atoms with Gasteiger partial charge < -0.3 is 9.64 Å². The molecule has 2 N–H and O–H groups in total. The molecule has 19 heavy (non-hydrogen) atoms. The van der Waals surface area contributed by atoms with Crippen LogP contribution in [0.15, 0.2) is 15.7 Å². The van der Waals surface area contributed by atoms with E-state index >= 15 is 0 Å². The van der Waals surface area contributed by atoms with Gasteiger partial charge >= 0.3 is 0 Å². The molecule has 0 spiro atoms. The van der Waals surface area contributed by atoms with Crippen molar-refractivity contribution in [3.05, 3.63) is 17.0 Å². The van der Waals surface area contributed by atoms with E-state index in [1.165, 1.54) is 11.4 Å². The van der Waals surface area contributed by atoms with Gasteiger partial charge in [0, 0.05) is 25.6 Å². The zero-order valence-corrected chi connectivity index (χ0v) is 12.2. The maximum Gasteiger partial charge on any atom is 0.254 e. The van der Waals surface area contributed by atoms with Crippen LogP contribution in [0.25, 0.3) is 0 Å². The molecule has 1 aromatic rings. The van der Waals surface area contributed by atoms with Gasteiger partial charge in [-0.1, -0.05) is 0 Å². The minimum Gasteiger partial charge on any atom is -0.381 e. The zero-order valence-electron chi connectivity index (χ0n) is 10.5. The number of carbonyl (C=O) groups excluding carboxylic acids is 1. The van der Waals surface area contributed by atoms with Crippen LogP contribution in [0, 0.1) is 0 Å². The summed E-state index contributed by atoms with van der Waals surface area (Å²) in [5, 5.41) is 6.56. The van der Waals surface area contributed by atoms with Gasteiger partial charge in [-0.25, -0.2) is 13.6 Å². The average Bonchev–Trinajstić information content (AvgIpc) is 2.87. The largest absolute Gasteiger partial charge is 0.381 e. The predicted molar refractivity (Wildman–Crippen MR) is 71.6 cm³/mol. The monoisotopic (exact) mass is 304 g/mol. The van der Waals surface area contributed by atoms with Crippen molar-refractivity contribution < 1.29 is 17.9 Å². The van der Waals surface area contributed by atoms with Gasteiger partial charge in [0.2, 0.25) is 10.0 Å². The SMILES string of the molecule is COC1CCN(C(=O)c2csc(S(N)(=O)=O)c2)CC1. The molecule has 2 rings (SSSR count). The lowest BCUT2D eigenvalue weighted by molar-refractivity contribution is 0.0351. The standard InChI is InChI=1S/C11H16N2O4S2/c1-17-9-2-4-13(5-3-9)11(14)8-6-10(18-7-8)19(12,15)16/h6-7,9H,2-5H2,1H3,(H2,12,15,16). The summed E-state index contributed by atoms with van der Waals surface area (Å²) in [6.45, 7) is 1.25. The van der Waals surface area contributed by atoms with Crippen LogP contribution >= 0.6 is 11.3 Å². The third kappa shape index (κ3) is 3.33. The molecule has 0 unspecified atom stereocenters. The van der Waals surface area contributed by atoms with E-state index in [2.05, 4.69) is 0 Å². The first-order valence-electron chi connectivity index (χ1n) is 5.85. The number of hydrogen-bond donors (Lipinski definition) is 1. The molecular formula is C11H16N2O4S2. The van der Waals surface area contributed by atoms with Crippen molar-refractivity contribution in [1.82, 2.24) is 4.90 Å². The number of methoxy groups -OCH3 is 1. The fourth-order valence-corrected chi connectivity index (χ4v) is 3.63. The number of carbonyl (C=O) groups is 1. The average molecular weight is 304 g/mol. The second-order valence-electron chi connectivity index (χ2n) is 4.43. The molecule has 8 heteroatoms. The van der Waals surface area contributed by atoms with Crippen molar-refractivity contribution in [2.24, 2.45) is 5.14 Å². The highest BCUT2D eigenvalue weighted by atomic mass is 32.2. The number of thiophene rings is 1. The van der Waals surface area contributed by atoms with Crippen molar-refractivity contribution in [2.75, 3.05) is 20.2 Å². The van der Waals surface area contributed by atoms with Gasteiger partial charge in [0.1, 0.15) is 4.21 Å². The molecule has 6 nitrogen and oxygen atoms in total.